The van der Waals surface area contributed by atoms with Gasteiger partial charge in [0, 0.05) is 11.1 Å². The first-order valence-corrected chi connectivity index (χ1v) is 7.72. The summed E-state index contributed by atoms with van der Waals surface area (Å²) in [7, 11) is 1.50. The fourth-order valence-corrected chi connectivity index (χ4v) is 3.46. The molecule has 3 heteroatoms. The molecule has 0 bridgehead atoms. The summed E-state index contributed by atoms with van der Waals surface area (Å²) in [6.07, 6.45) is 7.60. The summed E-state index contributed by atoms with van der Waals surface area (Å²) in [6.45, 7) is 2.22. The van der Waals surface area contributed by atoms with Crippen LogP contribution in [0.4, 0.5) is 4.39 Å². The Bertz CT molecular complexity index is 449. The molecule has 0 aromatic heterocycles. The molecule has 0 saturated heterocycles. The smallest absolute Gasteiger partial charge is 0.170 e. The van der Waals surface area contributed by atoms with Gasteiger partial charge in [-0.1, -0.05) is 44.7 Å². The van der Waals surface area contributed by atoms with Crippen LogP contribution in [0.25, 0.3) is 0 Å². The topological polar surface area (TPSA) is 35.2 Å². The summed E-state index contributed by atoms with van der Waals surface area (Å²) in [5.41, 5.74) is 6.65. The Balaban J connectivity index is 2.22. The molecule has 0 amide bonds. The summed E-state index contributed by atoms with van der Waals surface area (Å²) < 4.78 is 19.6. The molecule has 1 aromatic carbocycles. The van der Waals surface area contributed by atoms with Gasteiger partial charge in [0.1, 0.15) is 0 Å². The second-order valence-corrected chi connectivity index (χ2v) is 6.06. The van der Waals surface area contributed by atoms with Gasteiger partial charge in [-0.3, -0.25) is 0 Å². The standard InChI is InChI=1S/C17H26FNO/c1-3-6-13-7-5-11-17(19,12-10-13)14-8-4-9-15(20-2)16(14)18/h4,8-9,13H,3,5-7,10-12,19H2,1-2H3. The largest absolute Gasteiger partial charge is 0.494 e. The van der Waals surface area contributed by atoms with Gasteiger partial charge in [0.05, 0.1) is 7.11 Å². The van der Waals surface area contributed by atoms with E-state index in [0.29, 0.717) is 11.3 Å². The summed E-state index contributed by atoms with van der Waals surface area (Å²) in [4.78, 5) is 0. The van der Waals surface area contributed by atoms with Crippen molar-refractivity contribution in [3.8, 4) is 5.75 Å². The molecule has 20 heavy (non-hydrogen) atoms. The molecule has 1 aliphatic carbocycles. The van der Waals surface area contributed by atoms with Crippen LogP contribution in [0, 0.1) is 11.7 Å². The lowest BCUT2D eigenvalue weighted by molar-refractivity contribution is 0.338. The molecule has 1 fully saturated rings. The molecule has 0 heterocycles. The summed E-state index contributed by atoms with van der Waals surface area (Å²) in [5, 5.41) is 0. The number of ether oxygens (including phenoxy) is 1. The number of hydrogen-bond acceptors (Lipinski definition) is 2. The van der Waals surface area contributed by atoms with Crippen molar-refractivity contribution >= 4 is 0 Å². The molecule has 2 nitrogen and oxygen atoms in total. The molecule has 0 radical (unpaired) electrons. The Morgan fingerprint density at radius 2 is 2.15 bits per heavy atom. The van der Waals surface area contributed by atoms with E-state index in [1.807, 2.05) is 12.1 Å². The van der Waals surface area contributed by atoms with E-state index in [0.717, 1.165) is 31.6 Å². The van der Waals surface area contributed by atoms with Gasteiger partial charge in [-0.25, -0.2) is 4.39 Å². The predicted molar refractivity (Wildman–Crippen MR) is 80.3 cm³/mol. The normalized spacial score (nSPS) is 27.1. The Hall–Kier alpha value is -1.09. The van der Waals surface area contributed by atoms with E-state index in [1.165, 1.54) is 26.4 Å². The monoisotopic (exact) mass is 279 g/mol. The maximum Gasteiger partial charge on any atom is 0.170 e. The van der Waals surface area contributed by atoms with Gasteiger partial charge < -0.3 is 10.5 Å². The van der Waals surface area contributed by atoms with Crippen LogP contribution >= 0.6 is 0 Å². The van der Waals surface area contributed by atoms with Crippen molar-refractivity contribution in [1.29, 1.82) is 0 Å². The number of rotatable bonds is 4. The Labute approximate surface area is 121 Å². The van der Waals surface area contributed by atoms with Crippen LogP contribution in [0.15, 0.2) is 18.2 Å². The van der Waals surface area contributed by atoms with Gasteiger partial charge >= 0.3 is 0 Å². The van der Waals surface area contributed by atoms with E-state index in [4.69, 9.17) is 10.5 Å². The highest BCUT2D eigenvalue weighted by molar-refractivity contribution is 5.35. The lowest BCUT2D eigenvalue weighted by Gasteiger charge is -2.29. The fraction of sp³-hybridized carbons (Fsp3) is 0.647. The van der Waals surface area contributed by atoms with Crippen molar-refractivity contribution in [2.45, 2.75) is 57.4 Å². The van der Waals surface area contributed by atoms with Crippen molar-refractivity contribution in [2.75, 3.05) is 7.11 Å². The lowest BCUT2D eigenvalue weighted by Crippen LogP contribution is -2.37. The predicted octanol–water partition coefficient (Wildman–Crippen LogP) is 4.37. The second kappa shape index (κ2) is 6.57. The fourth-order valence-electron chi connectivity index (χ4n) is 3.46. The molecule has 2 N–H and O–H groups in total. The van der Waals surface area contributed by atoms with Crippen molar-refractivity contribution in [3.05, 3.63) is 29.6 Å². The molecule has 2 rings (SSSR count). The Morgan fingerprint density at radius 3 is 2.85 bits per heavy atom. The van der Waals surface area contributed by atoms with Crippen molar-refractivity contribution in [3.63, 3.8) is 0 Å². The number of benzene rings is 1. The maximum absolute atomic E-state index is 14.5. The lowest BCUT2D eigenvalue weighted by atomic mass is 9.83. The third kappa shape index (κ3) is 3.14. The average molecular weight is 279 g/mol. The van der Waals surface area contributed by atoms with Crippen molar-refractivity contribution < 1.29 is 9.13 Å². The van der Waals surface area contributed by atoms with E-state index < -0.39 is 5.54 Å². The van der Waals surface area contributed by atoms with E-state index >= 15 is 0 Å². The summed E-state index contributed by atoms with van der Waals surface area (Å²) >= 11 is 0. The molecule has 1 aliphatic rings. The van der Waals surface area contributed by atoms with E-state index in [-0.39, 0.29) is 5.82 Å². The zero-order valence-electron chi connectivity index (χ0n) is 12.6. The zero-order chi connectivity index (χ0) is 14.6. The van der Waals surface area contributed by atoms with Gasteiger partial charge in [-0.2, -0.15) is 0 Å². The Morgan fingerprint density at radius 1 is 1.35 bits per heavy atom. The van der Waals surface area contributed by atoms with Crippen LogP contribution in [-0.2, 0) is 5.54 Å². The maximum atomic E-state index is 14.5. The third-order valence-corrected chi connectivity index (χ3v) is 4.65. The molecule has 0 spiro atoms. The van der Waals surface area contributed by atoms with Crippen molar-refractivity contribution in [1.82, 2.24) is 0 Å². The van der Waals surface area contributed by atoms with Gasteiger partial charge in [0.15, 0.2) is 11.6 Å². The molecule has 112 valence electrons. The highest BCUT2D eigenvalue weighted by Gasteiger charge is 2.33. The van der Waals surface area contributed by atoms with Crippen LogP contribution in [0.3, 0.4) is 0 Å². The van der Waals surface area contributed by atoms with Crippen LogP contribution in [0.1, 0.15) is 57.4 Å². The van der Waals surface area contributed by atoms with Gasteiger partial charge in [-0.05, 0) is 31.2 Å². The molecule has 0 aliphatic heterocycles. The third-order valence-electron chi connectivity index (χ3n) is 4.65. The zero-order valence-corrected chi connectivity index (χ0v) is 12.6. The average Bonchev–Trinajstić information content (AvgIpc) is 2.63. The molecule has 1 saturated carbocycles. The molecular formula is C17H26FNO. The van der Waals surface area contributed by atoms with E-state index in [9.17, 15) is 4.39 Å². The summed E-state index contributed by atoms with van der Waals surface area (Å²) in [5.74, 6) is 0.757. The SMILES string of the molecule is CCCC1CCCC(N)(c2cccc(OC)c2F)CC1. The van der Waals surface area contributed by atoms with Crippen LogP contribution in [-0.4, -0.2) is 7.11 Å². The first kappa shape index (κ1) is 15.3. The number of hydrogen-bond donors (Lipinski definition) is 1. The highest BCUT2D eigenvalue weighted by Crippen LogP contribution is 2.39. The first-order valence-electron chi connectivity index (χ1n) is 7.72. The van der Waals surface area contributed by atoms with Gasteiger partial charge in [0.2, 0.25) is 0 Å². The van der Waals surface area contributed by atoms with E-state index in [1.54, 1.807) is 6.07 Å². The van der Waals surface area contributed by atoms with Crippen molar-refractivity contribution in [2.24, 2.45) is 11.7 Å². The second-order valence-electron chi connectivity index (χ2n) is 6.06. The Kier molecular flexibility index (Phi) is 5.03. The minimum atomic E-state index is -0.541. The summed E-state index contributed by atoms with van der Waals surface area (Å²) in [6, 6.07) is 5.30. The van der Waals surface area contributed by atoms with Crippen LogP contribution in [0.2, 0.25) is 0 Å². The van der Waals surface area contributed by atoms with Crippen LogP contribution in [0.5, 0.6) is 5.75 Å². The van der Waals surface area contributed by atoms with Gasteiger partial charge in [-0.15, -0.1) is 0 Å². The highest BCUT2D eigenvalue weighted by atomic mass is 19.1. The number of halogens is 1. The minimum Gasteiger partial charge on any atom is -0.494 e. The minimum absolute atomic E-state index is 0.286. The molecular weight excluding hydrogens is 253 g/mol. The molecule has 2 unspecified atom stereocenters. The quantitative estimate of drug-likeness (QED) is 0.831. The van der Waals surface area contributed by atoms with Gasteiger partial charge in [0.25, 0.3) is 0 Å². The number of nitrogens with two attached hydrogens (primary N) is 1. The molecule has 1 aromatic rings. The van der Waals surface area contributed by atoms with E-state index in [2.05, 4.69) is 6.92 Å². The number of methoxy groups -OCH3 is 1. The molecule has 2 atom stereocenters. The van der Waals surface area contributed by atoms with Crippen LogP contribution < -0.4 is 10.5 Å². The first-order chi connectivity index (χ1) is 9.60.